The number of halogens is 2. The maximum Gasteiger partial charge on any atom is 0.241 e. The van der Waals surface area contributed by atoms with E-state index in [1.54, 1.807) is 6.92 Å². The second kappa shape index (κ2) is 13.3. The molecule has 12 heteroatoms. The molecule has 3 aromatic rings. The van der Waals surface area contributed by atoms with Crippen LogP contribution in [0.15, 0.2) is 72.3 Å². The summed E-state index contributed by atoms with van der Waals surface area (Å²) in [6, 6.07) is 16.6. The van der Waals surface area contributed by atoms with Gasteiger partial charge in [0.1, 0.15) is 23.1 Å². The molecule has 3 heterocycles. The number of allylic oxidation sites excluding steroid dienone is 2. The second-order valence-electron chi connectivity index (χ2n) is 15.1. The molecule has 0 bridgehead atoms. The van der Waals surface area contributed by atoms with E-state index in [0.29, 0.717) is 24.8 Å². The number of methoxy groups -OCH3 is 2. The molecular formula is C41H41ClFN3O7. The van der Waals surface area contributed by atoms with Crippen molar-refractivity contribution >= 4 is 40.9 Å². The summed E-state index contributed by atoms with van der Waals surface area (Å²) in [6.45, 7) is 4.04. The normalized spacial score (nSPS) is 28.8. The molecule has 8 rings (SSSR count). The van der Waals surface area contributed by atoms with Gasteiger partial charge in [-0.25, -0.2) is 9.29 Å². The van der Waals surface area contributed by atoms with Crippen molar-refractivity contribution in [1.29, 1.82) is 0 Å². The molecule has 2 aliphatic carbocycles. The van der Waals surface area contributed by atoms with Gasteiger partial charge < -0.3 is 14.6 Å². The summed E-state index contributed by atoms with van der Waals surface area (Å²) in [5.74, 6) is -5.36. The van der Waals surface area contributed by atoms with E-state index in [9.17, 15) is 28.7 Å². The smallest absolute Gasteiger partial charge is 0.241 e. The molecule has 6 unspecified atom stereocenters. The van der Waals surface area contributed by atoms with Crippen molar-refractivity contribution in [1.82, 2.24) is 9.80 Å². The summed E-state index contributed by atoms with van der Waals surface area (Å²) >= 11 is 6.14. The maximum absolute atomic E-state index is 14.8. The summed E-state index contributed by atoms with van der Waals surface area (Å²) < 4.78 is 25.9. The third-order valence-electron chi connectivity index (χ3n) is 12.5. The Hall–Kier alpha value is -4.74. The number of anilines is 1. The first kappa shape index (κ1) is 35.3. The van der Waals surface area contributed by atoms with Crippen LogP contribution in [0.1, 0.15) is 49.7 Å². The quantitative estimate of drug-likeness (QED) is 0.228. The number of hydrogen-bond donors (Lipinski definition) is 1. The van der Waals surface area contributed by atoms with Crippen LogP contribution in [0.4, 0.5) is 10.1 Å². The maximum atomic E-state index is 14.8. The minimum absolute atomic E-state index is 0.118. The van der Waals surface area contributed by atoms with Crippen molar-refractivity contribution in [2.24, 2.45) is 29.1 Å². The summed E-state index contributed by atoms with van der Waals surface area (Å²) in [7, 11) is 2.89. The molecule has 0 spiro atoms. The minimum atomic E-state index is -1.42. The summed E-state index contributed by atoms with van der Waals surface area (Å²) in [4.78, 5) is 63.2. The van der Waals surface area contributed by atoms with Gasteiger partial charge >= 0.3 is 0 Å². The van der Waals surface area contributed by atoms with Crippen molar-refractivity contribution < 1.29 is 38.1 Å². The summed E-state index contributed by atoms with van der Waals surface area (Å²) in [6.07, 6.45) is 3.76. The van der Waals surface area contributed by atoms with Gasteiger partial charge in [-0.2, -0.15) is 0 Å². The molecule has 53 heavy (non-hydrogen) atoms. The lowest BCUT2D eigenvalue weighted by Crippen LogP contribution is -2.49. The van der Waals surface area contributed by atoms with Gasteiger partial charge in [0.25, 0.3) is 0 Å². The molecule has 4 fully saturated rings. The van der Waals surface area contributed by atoms with Gasteiger partial charge in [0.05, 0.1) is 48.1 Å². The van der Waals surface area contributed by atoms with Crippen LogP contribution in [0.3, 0.4) is 0 Å². The Balaban J connectivity index is 1.17. The Morgan fingerprint density at radius 1 is 0.906 bits per heavy atom. The number of imide groups is 2. The Morgan fingerprint density at radius 2 is 1.58 bits per heavy atom. The number of fused-ring (bicyclic) bond motifs is 4. The van der Waals surface area contributed by atoms with Gasteiger partial charge in [-0.3, -0.25) is 29.0 Å². The third-order valence-corrected chi connectivity index (χ3v) is 12.7. The lowest BCUT2D eigenvalue weighted by Gasteiger charge is -2.49. The van der Waals surface area contributed by atoms with Crippen LogP contribution in [-0.4, -0.2) is 71.9 Å². The molecule has 3 aromatic carbocycles. The number of rotatable bonds is 7. The van der Waals surface area contributed by atoms with Gasteiger partial charge in [-0.15, -0.1) is 0 Å². The first-order chi connectivity index (χ1) is 25.5. The number of amides is 4. The highest BCUT2D eigenvalue weighted by Gasteiger charge is 2.68. The van der Waals surface area contributed by atoms with Crippen LogP contribution >= 0.6 is 11.6 Å². The van der Waals surface area contributed by atoms with E-state index in [2.05, 4.69) is 17.0 Å². The van der Waals surface area contributed by atoms with Crippen LogP contribution in [0, 0.1) is 34.9 Å². The van der Waals surface area contributed by atoms with Crippen molar-refractivity contribution in [3.8, 4) is 17.2 Å². The molecule has 5 aliphatic rings. The van der Waals surface area contributed by atoms with Gasteiger partial charge in [-0.05, 0) is 62.3 Å². The molecule has 0 radical (unpaired) electrons. The fraction of sp³-hybridized carbons (Fsp3) is 0.415. The lowest BCUT2D eigenvalue weighted by atomic mass is 9.51. The molecule has 0 aromatic heterocycles. The average Bonchev–Trinajstić information content (AvgIpc) is 3.52. The van der Waals surface area contributed by atoms with Gasteiger partial charge in [0, 0.05) is 49.3 Å². The molecule has 276 valence electrons. The zero-order valence-electron chi connectivity index (χ0n) is 29.8. The third kappa shape index (κ3) is 5.45. The van der Waals surface area contributed by atoms with E-state index in [1.165, 1.54) is 48.9 Å². The number of ether oxygens (including phenoxy) is 2. The topological polar surface area (TPSA) is 117 Å². The highest BCUT2D eigenvalue weighted by atomic mass is 35.5. The van der Waals surface area contributed by atoms with Crippen LogP contribution in [0.25, 0.3) is 0 Å². The number of benzene rings is 3. The van der Waals surface area contributed by atoms with E-state index in [4.69, 9.17) is 21.1 Å². The Bertz CT molecular complexity index is 2020. The number of hydrogen-bond acceptors (Lipinski definition) is 8. The molecule has 3 aliphatic heterocycles. The number of carbonyl (C=O) groups excluding carboxylic acids is 4. The van der Waals surface area contributed by atoms with Gasteiger partial charge in [-0.1, -0.05) is 53.6 Å². The molecule has 1 N–H and O–H groups in total. The van der Waals surface area contributed by atoms with Gasteiger partial charge in [0.2, 0.25) is 23.6 Å². The minimum Gasteiger partial charge on any atom is -0.508 e. The van der Waals surface area contributed by atoms with E-state index in [-0.39, 0.29) is 52.2 Å². The second-order valence-corrected chi connectivity index (χ2v) is 15.5. The number of phenols is 1. The number of nitrogens with zero attached hydrogens (tertiary/aromatic N) is 3. The number of likely N-dealkylation sites (tertiary alicyclic amines) is 2. The summed E-state index contributed by atoms with van der Waals surface area (Å²) in [5.41, 5.74) is 1.15. The van der Waals surface area contributed by atoms with Crippen LogP contribution in [-0.2, 0) is 25.7 Å². The standard InChI is InChI=1S/C41H41ClFN3O7/c1-41-29(38(49)46(40(41)51)24-9-12-31(43)30(42)17-24)20-28-26(36(41)35-32(52-2)18-25(47)19-33(35)53-3)10-11-27-34(28)39(50)45(37(27)48)23-13-15-44(16-14-23)21-22-7-5-4-6-8-22/h4-10,12,17-19,23,27-29,34,36,47H,11,13-16,20-21H2,1-3H3. The Labute approximate surface area is 312 Å². The predicted molar refractivity (Wildman–Crippen MR) is 194 cm³/mol. The van der Waals surface area contributed by atoms with Crippen molar-refractivity contribution in [3.63, 3.8) is 0 Å². The van der Waals surface area contributed by atoms with Crippen molar-refractivity contribution in [3.05, 3.63) is 94.3 Å². The molecule has 4 amide bonds. The van der Waals surface area contributed by atoms with Crippen molar-refractivity contribution in [2.75, 3.05) is 32.2 Å². The highest BCUT2D eigenvalue weighted by Crippen LogP contribution is 2.66. The largest absolute Gasteiger partial charge is 0.508 e. The summed E-state index contributed by atoms with van der Waals surface area (Å²) in [5, 5.41) is 10.4. The van der Waals surface area contributed by atoms with E-state index >= 15 is 0 Å². The number of phenolic OH excluding ortho intramolecular Hbond substituents is 1. The highest BCUT2D eigenvalue weighted by molar-refractivity contribution is 6.31. The number of carbonyl (C=O) groups is 4. The molecule has 6 atom stereocenters. The molecule has 3 saturated heterocycles. The zero-order valence-corrected chi connectivity index (χ0v) is 30.5. The van der Waals surface area contributed by atoms with E-state index in [1.807, 2.05) is 24.3 Å². The van der Waals surface area contributed by atoms with Gasteiger partial charge in [0.15, 0.2) is 0 Å². The monoisotopic (exact) mass is 741 g/mol. The molecule has 10 nitrogen and oxygen atoms in total. The number of aromatic hydroxyl groups is 1. The average molecular weight is 742 g/mol. The SMILES string of the molecule is COc1cc(O)cc(OC)c1C1C2=CCC3C(=O)N(C4CCN(Cc5ccccc5)CC4)C(=O)C3C2CC2C(=O)N(c3ccc(F)c(Cl)c3)C(=O)C21C. The Morgan fingerprint density at radius 3 is 2.23 bits per heavy atom. The van der Waals surface area contributed by atoms with Crippen LogP contribution in [0.5, 0.6) is 17.2 Å². The number of piperidine rings is 1. The predicted octanol–water partition coefficient (Wildman–Crippen LogP) is 6.10. The van der Waals surface area contributed by atoms with Crippen LogP contribution < -0.4 is 14.4 Å². The first-order valence-corrected chi connectivity index (χ1v) is 18.5. The van der Waals surface area contributed by atoms with E-state index < -0.39 is 52.6 Å². The fourth-order valence-corrected chi connectivity index (χ4v) is 10.1. The van der Waals surface area contributed by atoms with Crippen LogP contribution in [0.2, 0.25) is 5.02 Å². The Kier molecular flexibility index (Phi) is 8.85. The first-order valence-electron chi connectivity index (χ1n) is 18.1. The fourth-order valence-electron chi connectivity index (χ4n) is 9.96. The lowest BCUT2D eigenvalue weighted by molar-refractivity contribution is -0.144. The van der Waals surface area contributed by atoms with E-state index in [0.717, 1.165) is 36.2 Å². The molecule has 1 saturated carbocycles. The molecular weight excluding hydrogens is 701 g/mol. The van der Waals surface area contributed by atoms with Crippen molar-refractivity contribution in [2.45, 2.75) is 51.1 Å². The zero-order chi connectivity index (χ0) is 37.3.